The average molecular weight is 319 g/mol. The van der Waals surface area contributed by atoms with Gasteiger partial charge >= 0.3 is 0 Å². The highest BCUT2D eigenvalue weighted by Crippen LogP contribution is 2.19. The normalized spacial score (nSPS) is 12.0. The highest BCUT2D eigenvalue weighted by atomic mass is 35.5. The summed E-state index contributed by atoms with van der Waals surface area (Å²) in [5, 5.41) is 2.76. The second-order valence-corrected chi connectivity index (χ2v) is 7.61. The summed E-state index contributed by atoms with van der Waals surface area (Å²) in [7, 11) is -3.41. The van der Waals surface area contributed by atoms with Gasteiger partial charge in [0.15, 0.2) is 0 Å². The van der Waals surface area contributed by atoms with E-state index in [-0.39, 0.29) is 17.5 Å². The highest BCUT2D eigenvalue weighted by molar-refractivity contribution is 7.92. The largest absolute Gasteiger partial charge is 0.326 e. The lowest BCUT2D eigenvalue weighted by molar-refractivity contribution is -0.123. The van der Waals surface area contributed by atoms with Crippen molar-refractivity contribution in [3.8, 4) is 0 Å². The van der Waals surface area contributed by atoms with E-state index < -0.39 is 15.4 Å². The topological polar surface area (TPSA) is 75.3 Å². The Kier molecular flexibility index (Phi) is 5.42. The summed E-state index contributed by atoms with van der Waals surface area (Å²) >= 11 is 5.41. The zero-order valence-electron chi connectivity index (χ0n) is 11.7. The van der Waals surface area contributed by atoms with Crippen LogP contribution in [-0.2, 0) is 14.8 Å². The standard InChI is InChI=1S/C13H19ClN2O3S/c1-13(2,3)12(17)15-10-4-6-11(7-5-10)16-20(18,19)9-8-14/h4-7,16H,8-9H2,1-3H3,(H,15,17). The van der Waals surface area contributed by atoms with Crippen LogP contribution in [-0.4, -0.2) is 26.0 Å². The quantitative estimate of drug-likeness (QED) is 0.819. The lowest BCUT2D eigenvalue weighted by Crippen LogP contribution is -2.27. The van der Waals surface area contributed by atoms with Crippen LogP contribution in [0, 0.1) is 5.41 Å². The van der Waals surface area contributed by atoms with Gasteiger partial charge in [-0.1, -0.05) is 20.8 Å². The second kappa shape index (κ2) is 6.45. The molecular weight excluding hydrogens is 300 g/mol. The fraction of sp³-hybridized carbons (Fsp3) is 0.462. The minimum atomic E-state index is -3.41. The minimum Gasteiger partial charge on any atom is -0.326 e. The maximum Gasteiger partial charge on any atom is 0.233 e. The summed E-state index contributed by atoms with van der Waals surface area (Å²) in [6.07, 6.45) is 0. The Morgan fingerprint density at radius 1 is 1.15 bits per heavy atom. The number of nitrogens with one attached hydrogen (secondary N) is 2. The predicted molar refractivity (Wildman–Crippen MR) is 82.7 cm³/mol. The number of hydrogen-bond donors (Lipinski definition) is 2. The molecule has 0 aliphatic heterocycles. The molecule has 0 fully saturated rings. The third kappa shape index (κ3) is 5.38. The van der Waals surface area contributed by atoms with E-state index in [2.05, 4.69) is 10.0 Å². The molecule has 0 aliphatic carbocycles. The molecule has 0 saturated heterocycles. The van der Waals surface area contributed by atoms with Crippen molar-refractivity contribution in [2.75, 3.05) is 21.7 Å². The first-order valence-electron chi connectivity index (χ1n) is 6.12. The molecule has 1 aromatic carbocycles. The van der Waals surface area contributed by atoms with Gasteiger partial charge in [0, 0.05) is 22.7 Å². The van der Waals surface area contributed by atoms with Crippen LogP contribution in [0.4, 0.5) is 11.4 Å². The number of amides is 1. The van der Waals surface area contributed by atoms with E-state index >= 15 is 0 Å². The van der Waals surface area contributed by atoms with Crippen LogP contribution in [0.2, 0.25) is 0 Å². The van der Waals surface area contributed by atoms with Crippen LogP contribution in [0.15, 0.2) is 24.3 Å². The molecule has 0 aliphatic rings. The first-order valence-corrected chi connectivity index (χ1v) is 8.31. The molecular formula is C13H19ClN2O3S. The Labute approximate surface area is 124 Å². The molecule has 0 radical (unpaired) electrons. The van der Waals surface area contributed by atoms with Crippen LogP contribution in [0.25, 0.3) is 0 Å². The molecule has 0 aromatic heterocycles. The summed E-state index contributed by atoms with van der Waals surface area (Å²) in [4.78, 5) is 11.8. The fourth-order valence-electron chi connectivity index (χ4n) is 1.27. The number of hydrogen-bond acceptors (Lipinski definition) is 3. The highest BCUT2D eigenvalue weighted by Gasteiger charge is 2.21. The fourth-order valence-corrected chi connectivity index (χ4v) is 2.68. The number of carbonyl (C=O) groups is 1. The van der Waals surface area contributed by atoms with Crippen molar-refractivity contribution in [2.24, 2.45) is 5.41 Å². The SMILES string of the molecule is CC(C)(C)C(=O)Nc1ccc(NS(=O)(=O)CCCl)cc1. The molecule has 20 heavy (non-hydrogen) atoms. The average Bonchev–Trinajstić information content (AvgIpc) is 2.29. The summed E-state index contributed by atoms with van der Waals surface area (Å²) in [6, 6.07) is 6.46. The molecule has 0 bridgehead atoms. The first kappa shape index (κ1) is 16.8. The second-order valence-electron chi connectivity index (χ2n) is 5.39. The van der Waals surface area contributed by atoms with Crippen LogP contribution in [0.5, 0.6) is 0 Å². The third-order valence-corrected chi connectivity index (χ3v) is 4.14. The number of alkyl halides is 1. The van der Waals surface area contributed by atoms with Crippen molar-refractivity contribution in [1.82, 2.24) is 0 Å². The van der Waals surface area contributed by atoms with Gasteiger partial charge in [-0.3, -0.25) is 9.52 Å². The molecule has 112 valence electrons. The smallest absolute Gasteiger partial charge is 0.233 e. The van der Waals surface area contributed by atoms with Crippen molar-refractivity contribution < 1.29 is 13.2 Å². The van der Waals surface area contributed by atoms with E-state index in [1.165, 1.54) is 0 Å². The van der Waals surface area contributed by atoms with Crippen molar-refractivity contribution >= 4 is 38.9 Å². The van der Waals surface area contributed by atoms with Crippen LogP contribution < -0.4 is 10.0 Å². The maximum absolute atomic E-state index is 11.8. The molecule has 0 saturated carbocycles. The van der Waals surface area contributed by atoms with Gasteiger partial charge in [-0.25, -0.2) is 8.42 Å². The monoisotopic (exact) mass is 318 g/mol. The number of sulfonamides is 1. The third-order valence-electron chi connectivity index (χ3n) is 2.44. The Morgan fingerprint density at radius 2 is 1.65 bits per heavy atom. The molecule has 5 nitrogen and oxygen atoms in total. The van der Waals surface area contributed by atoms with Crippen molar-refractivity contribution in [3.63, 3.8) is 0 Å². The molecule has 0 heterocycles. The lowest BCUT2D eigenvalue weighted by atomic mass is 9.95. The van der Waals surface area contributed by atoms with Gasteiger partial charge in [-0.05, 0) is 24.3 Å². The summed E-state index contributed by atoms with van der Waals surface area (Å²) < 4.78 is 25.5. The number of benzene rings is 1. The van der Waals surface area contributed by atoms with Crippen LogP contribution >= 0.6 is 11.6 Å². The predicted octanol–water partition coefficient (Wildman–Crippen LogP) is 2.65. The Morgan fingerprint density at radius 3 is 2.10 bits per heavy atom. The Hall–Kier alpha value is -1.27. The number of rotatable bonds is 5. The summed E-state index contributed by atoms with van der Waals surface area (Å²) in [5.74, 6) is -0.209. The van der Waals surface area contributed by atoms with Crippen LogP contribution in [0.1, 0.15) is 20.8 Å². The maximum atomic E-state index is 11.8. The van der Waals surface area contributed by atoms with E-state index in [4.69, 9.17) is 11.6 Å². The van der Waals surface area contributed by atoms with Gasteiger partial charge in [0.1, 0.15) is 0 Å². The Bertz CT molecular complexity index is 562. The zero-order valence-corrected chi connectivity index (χ0v) is 13.3. The molecule has 7 heteroatoms. The molecule has 2 N–H and O–H groups in total. The molecule has 0 spiro atoms. The van der Waals surface area contributed by atoms with E-state index in [0.717, 1.165) is 0 Å². The van der Waals surface area contributed by atoms with Crippen molar-refractivity contribution in [2.45, 2.75) is 20.8 Å². The number of carbonyl (C=O) groups excluding carboxylic acids is 1. The zero-order chi connectivity index (χ0) is 15.4. The number of halogens is 1. The van der Waals surface area contributed by atoms with Gasteiger partial charge < -0.3 is 5.32 Å². The van der Waals surface area contributed by atoms with Crippen molar-refractivity contribution in [3.05, 3.63) is 24.3 Å². The minimum absolute atomic E-state index is 0.0368. The molecule has 1 aromatic rings. The van der Waals surface area contributed by atoms with Gasteiger partial charge in [-0.15, -0.1) is 11.6 Å². The van der Waals surface area contributed by atoms with Crippen LogP contribution in [0.3, 0.4) is 0 Å². The van der Waals surface area contributed by atoms with Gasteiger partial charge in [0.25, 0.3) is 0 Å². The Balaban J connectivity index is 2.73. The van der Waals surface area contributed by atoms with Gasteiger partial charge in [0.2, 0.25) is 15.9 Å². The van der Waals surface area contributed by atoms with E-state index in [1.807, 2.05) is 20.8 Å². The van der Waals surface area contributed by atoms with Gasteiger partial charge in [-0.2, -0.15) is 0 Å². The summed E-state index contributed by atoms with van der Waals surface area (Å²) in [5.41, 5.74) is 0.565. The van der Waals surface area contributed by atoms with Gasteiger partial charge in [0.05, 0.1) is 5.75 Å². The number of anilines is 2. The molecule has 1 rings (SSSR count). The van der Waals surface area contributed by atoms with Crippen molar-refractivity contribution in [1.29, 1.82) is 0 Å². The molecule has 0 atom stereocenters. The van der Waals surface area contributed by atoms with E-state index in [0.29, 0.717) is 11.4 Å². The molecule has 1 amide bonds. The van der Waals surface area contributed by atoms with E-state index in [1.54, 1.807) is 24.3 Å². The summed E-state index contributed by atoms with van der Waals surface area (Å²) in [6.45, 7) is 5.45. The first-order chi connectivity index (χ1) is 9.14. The molecule has 0 unspecified atom stereocenters. The van der Waals surface area contributed by atoms with E-state index in [9.17, 15) is 13.2 Å². The lowest BCUT2D eigenvalue weighted by Gasteiger charge is -2.17.